The number of thiophene rings is 1. The van der Waals surface area contributed by atoms with Gasteiger partial charge >= 0.3 is 0 Å². The van der Waals surface area contributed by atoms with Crippen molar-refractivity contribution >= 4 is 28.6 Å². The van der Waals surface area contributed by atoms with E-state index in [1.165, 1.54) is 17.0 Å². The first-order valence-corrected chi connectivity index (χ1v) is 9.36. The van der Waals surface area contributed by atoms with Crippen molar-refractivity contribution in [1.29, 1.82) is 0 Å². The summed E-state index contributed by atoms with van der Waals surface area (Å²) in [6.07, 6.45) is 3.82. The Hall–Kier alpha value is -2.05. The lowest BCUT2D eigenvalue weighted by Gasteiger charge is -2.02. The van der Waals surface area contributed by atoms with Crippen LogP contribution in [0.3, 0.4) is 0 Å². The number of aromatic nitrogens is 1. The van der Waals surface area contributed by atoms with Gasteiger partial charge < -0.3 is 5.32 Å². The summed E-state index contributed by atoms with van der Waals surface area (Å²) in [5.41, 5.74) is 1.05. The molecule has 1 amide bonds. The summed E-state index contributed by atoms with van der Waals surface area (Å²) < 4.78 is 12.9. The monoisotopic (exact) mass is 360 g/mol. The summed E-state index contributed by atoms with van der Waals surface area (Å²) in [4.78, 5) is 18.5. The molecular weight excluding hydrogens is 343 g/mol. The summed E-state index contributed by atoms with van der Waals surface area (Å²) in [5, 5.41) is 5.82. The predicted octanol–water partition coefficient (Wildman–Crippen LogP) is 4.18. The summed E-state index contributed by atoms with van der Waals surface area (Å²) >= 11 is 3.24. The lowest BCUT2D eigenvalue weighted by atomic mass is 10.1. The van der Waals surface area contributed by atoms with E-state index in [0.717, 1.165) is 28.3 Å². The van der Waals surface area contributed by atoms with E-state index >= 15 is 0 Å². The fourth-order valence-electron chi connectivity index (χ4n) is 2.27. The SMILES string of the molecule is O=C(CCc1cccs1)NCc1ncc(Cc2ccc(F)cc2)s1. The van der Waals surface area contributed by atoms with E-state index < -0.39 is 0 Å². The molecule has 1 N–H and O–H groups in total. The predicted molar refractivity (Wildman–Crippen MR) is 95.8 cm³/mol. The molecule has 2 heterocycles. The number of aryl methyl sites for hydroxylation is 1. The van der Waals surface area contributed by atoms with Gasteiger partial charge in [0.15, 0.2) is 0 Å². The Morgan fingerprint density at radius 1 is 1.17 bits per heavy atom. The molecule has 0 radical (unpaired) electrons. The molecule has 3 aromatic rings. The van der Waals surface area contributed by atoms with Crippen LogP contribution in [0.2, 0.25) is 0 Å². The Kier molecular flexibility index (Phi) is 5.72. The van der Waals surface area contributed by atoms with Crippen molar-refractivity contribution in [3.63, 3.8) is 0 Å². The molecule has 0 fully saturated rings. The molecule has 6 heteroatoms. The first kappa shape index (κ1) is 16.8. The van der Waals surface area contributed by atoms with E-state index in [2.05, 4.69) is 10.3 Å². The molecule has 1 aromatic carbocycles. The van der Waals surface area contributed by atoms with E-state index in [0.29, 0.717) is 13.0 Å². The maximum Gasteiger partial charge on any atom is 0.220 e. The maximum absolute atomic E-state index is 12.9. The minimum absolute atomic E-state index is 0.0404. The topological polar surface area (TPSA) is 42.0 Å². The van der Waals surface area contributed by atoms with Gasteiger partial charge in [0, 0.05) is 28.8 Å². The molecule has 0 unspecified atom stereocenters. The Bertz CT molecular complexity index is 782. The first-order chi connectivity index (χ1) is 11.7. The molecule has 0 aliphatic carbocycles. The van der Waals surface area contributed by atoms with E-state index in [1.807, 2.05) is 23.7 Å². The maximum atomic E-state index is 12.9. The molecule has 124 valence electrons. The van der Waals surface area contributed by atoms with Crippen LogP contribution in [-0.4, -0.2) is 10.9 Å². The van der Waals surface area contributed by atoms with Crippen molar-refractivity contribution in [1.82, 2.24) is 10.3 Å². The van der Waals surface area contributed by atoms with Crippen molar-refractivity contribution < 1.29 is 9.18 Å². The second-order valence-corrected chi connectivity index (χ2v) is 7.61. The van der Waals surface area contributed by atoms with Crippen LogP contribution in [0.4, 0.5) is 4.39 Å². The largest absolute Gasteiger partial charge is 0.350 e. The number of carbonyl (C=O) groups is 1. The average Bonchev–Trinajstić information content (AvgIpc) is 3.25. The van der Waals surface area contributed by atoms with Crippen LogP contribution in [0, 0.1) is 5.82 Å². The van der Waals surface area contributed by atoms with Gasteiger partial charge in [-0.15, -0.1) is 22.7 Å². The van der Waals surface area contributed by atoms with Gasteiger partial charge in [0.05, 0.1) is 6.54 Å². The van der Waals surface area contributed by atoms with Crippen LogP contribution in [-0.2, 0) is 24.2 Å². The number of nitrogens with one attached hydrogen (secondary N) is 1. The van der Waals surface area contributed by atoms with E-state index in [4.69, 9.17) is 0 Å². The molecule has 0 atom stereocenters. The number of rotatable bonds is 7. The molecule has 3 rings (SSSR count). The van der Waals surface area contributed by atoms with Crippen LogP contribution in [0.1, 0.15) is 26.7 Å². The highest BCUT2D eigenvalue weighted by atomic mass is 32.1. The summed E-state index contributed by atoms with van der Waals surface area (Å²) in [7, 11) is 0. The number of amides is 1. The second kappa shape index (κ2) is 8.17. The number of nitrogens with zero attached hydrogens (tertiary/aromatic N) is 1. The van der Waals surface area contributed by atoms with Crippen LogP contribution in [0.5, 0.6) is 0 Å². The number of hydrogen-bond acceptors (Lipinski definition) is 4. The normalized spacial score (nSPS) is 10.7. The molecule has 3 nitrogen and oxygen atoms in total. The van der Waals surface area contributed by atoms with Gasteiger partial charge in [-0.3, -0.25) is 4.79 Å². The lowest BCUT2D eigenvalue weighted by Crippen LogP contribution is -2.22. The molecule has 0 bridgehead atoms. The molecule has 0 spiro atoms. The van der Waals surface area contributed by atoms with Gasteiger partial charge in [-0.2, -0.15) is 0 Å². The highest BCUT2D eigenvalue weighted by Crippen LogP contribution is 2.18. The third-order valence-electron chi connectivity index (χ3n) is 3.51. The summed E-state index contributed by atoms with van der Waals surface area (Å²) in [6, 6.07) is 10.5. The molecule has 0 aliphatic rings. The average molecular weight is 360 g/mol. The fraction of sp³-hybridized carbons (Fsp3) is 0.222. The van der Waals surface area contributed by atoms with Gasteiger partial charge in [0.1, 0.15) is 10.8 Å². The summed E-state index contributed by atoms with van der Waals surface area (Å²) in [5.74, 6) is -0.187. The zero-order chi connectivity index (χ0) is 16.8. The molecule has 24 heavy (non-hydrogen) atoms. The van der Waals surface area contributed by atoms with Gasteiger partial charge in [0.25, 0.3) is 0 Å². The van der Waals surface area contributed by atoms with Crippen molar-refractivity contribution in [3.05, 3.63) is 74.1 Å². The lowest BCUT2D eigenvalue weighted by molar-refractivity contribution is -0.121. The summed E-state index contributed by atoms with van der Waals surface area (Å²) in [6.45, 7) is 0.456. The number of thiazole rings is 1. The second-order valence-electron chi connectivity index (χ2n) is 5.38. The quantitative estimate of drug-likeness (QED) is 0.687. The zero-order valence-electron chi connectivity index (χ0n) is 13.0. The Balaban J connectivity index is 1.45. The van der Waals surface area contributed by atoms with Gasteiger partial charge in [-0.1, -0.05) is 18.2 Å². The molecular formula is C18H17FN2OS2. The van der Waals surface area contributed by atoms with Crippen LogP contribution in [0.15, 0.2) is 48.0 Å². The number of carbonyl (C=O) groups excluding carboxylic acids is 1. The first-order valence-electron chi connectivity index (χ1n) is 7.66. The molecule has 0 aliphatic heterocycles. The van der Waals surface area contributed by atoms with Gasteiger partial charge in [0.2, 0.25) is 5.91 Å². The highest BCUT2D eigenvalue weighted by molar-refractivity contribution is 7.11. The molecule has 0 saturated carbocycles. The molecule has 0 saturated heterocycles. The van der Waals surface area contributed by atoms with Gasteiger partial charge in [-0.05, 0) is 35.6 Å². The molecule has 2 aromatic heterocycles. The minimum atomic E-state index is -0.228. The van der Waals surface area contributed by atoms with Crippen LogP contribution >= 0.6 is 22.7 Å². The van der Waals surface area contributed by atoms with E-state index in [1.54, 1.807) is 34.8 Å². The van der Waals surface area contributed by atoms with Crippen molar-refractivity contribution in [2.45, 2.75) is 25.8 Å². The van der Waals surface area contributed by atoms with E-state index in [9.17, 15) is 9.18 Å². The van der Waals surface area contributed by atoms with Crippen molar-refractivity contribution in [2.75, 3.05) is 0 Å². The Labute approximate surface area is 148 Å². The Morgan fingerprint density at radius 2 is 2.00 bits per heavy atom. The third kappa shape index (κ3) is 4.97. The van der Waals surface area contributed by atoms with E-state index in [-0.39, 0.29) is 11.7 Å². The standard InChI is InChI=1S/C18H17FN2OS2/c19-14-5-3-13(4-6-14)10-16-11-21-18(24-16)12-20-17(22)8-7-15-2-1-9-23-15/h1-6,9,11H,7-8,10,12H2,(H,20,22). The number of halogens is 1. The minimum Gasteiger partial charge on any atom is -0.350 e. The fourth-order valence-corrected chi connectivity index (χ4v) is 3.87. The van der Waals surface area contributed by atoms with Gasteiger partial charge in [-0.25, -0.2) is 9.37 Å². The van der Waals surface area contributed by atoms with Crippen molar-refractivity contribution in [3.8, 4) is 0 Å². The number of benzene rings is 1. The number of hydrogen-bond donors (Lipinski definition) is 1. The highest BCUT2D eigenvalue weighted by Gasteiger charge is 2.07. The zero-order valence-corrected chi connectivity index (χ0v) is 14.6. The smallest absolute Gasteiger partial charge is 0.220 e. The van der Waals surface area contributed by atoms with Crippen LogP contribution < -0.4 is 5.32 Å². The van der Waals surface area contributed by atoms with Crippen molar-refractivity contribution in [2.24, 2.45) is 0 Å². The Morgan fingerprint density at radius 3 is 2.75 bits per heavy atom. The third-order valence-corrected chi connectivity index (χ3v) is 5.44. The van der Waals surface area contributed by atoms with Crippen LogP contribution in [0.25, 0.3) is 0 Å².